The van der Waals surface area contributed by atoms with Crippen LogP contribution in [0.5, 0.6) is 0 Å². The second-order valence-electron chi connectivity index (χ2n) is 5.38. The normalized spacial score (nSPS) is 12.0. The molecule has 0 aliphatic carbocycles. The number of halogens is 1. The molecule has 0 unspecified atom stereocenters. The zero-order chi connectivity index (χ0) is 16.4. The molecule has 118 valence electrons. The number of carbonyl (C=O) groups excluding carboxylic acids is 1. The van der Waals surface area contributed by atoms with Gasteiger partial charge in [-0.1, -0.05) is 36.5 Å². The van der Waals surface area contributed by atoms with Crippen molar-refractivity contribution in [2.24, 2.45) is 4.99 Å². The van der Waals surface area contributed by atoms with Gasteiger partial charge in [0.1, 0.15) is 5.82 Å². The van der Waals surface area contributed by atoms with Gasteiger partial charge in [0.2, 0.25) is 0 Å². The molecule has 0 aliphatic rings. The average molecular weight is 328 g/mol. The molecule has 1 heterocycles. The molecule has 0 fully saturated rings. The van der Waals surface area contributed by atoms with Gasteiger partial charge >= 0.3 is 0 Å². The third-order valence-corrected chi connectivity index (χ3v) is 4.71. The summed E-state index contributed by atoms with van der Waals surface area (Å²) in [6, 6.07) is 12.1. The van der Waals surface area contributed by atoms with Crippen molar-refractivity contribution in [3.63, 3.8) is 0 Å². The van der Waals surface area contributed by atoms with Crippen LogP contribution < -0.4 is 4.80 Å². The van der Waals surface area contributed by atoms with Crippen LogP contribution in [0.4, 0.5) is 4.39 Å². The maximum Gasteiger partial charge on any atom is 0.279 e. The molecule has 3 aromatic rings. The van der Waals surface area contributed by atoms with Crippen molar-refractivity contribution >= 4 is 27.5 Å². The Morgan fingerprint density at radius 2 is 2.04 bits per heavy atom. The lowest BCUT2D eigenvalue weighted by Gasteiger charge is -2.03. The van der Waals surface area contributed by atoms with E-state index >= 15 is 0 Å². The van der Waals surface area contributed by atoms with Crippen LogP contribution in [0, 0.1) is 12.7 Å². The highest BCUT2D eigenvalue weighted by molar-refractivity contribution is 7.16. The molecule has 0 saturated heterocycles. The first-order chi connectivity index (χ1) is 11.1. The Morgan fingerprint density at radius 3 is 2.78 bits per heavy atom. The van der Waals surface area contributed by atoms with Gasteiger partial charge in [0, 0.05) is 12.1 Å². The molecule has 3 rings (SSSR count). The molecule has 0 bridgehead atoms. The van der Waals surface area contributed by atoms with E-state index in [0.29, 0.717) is 10.4 Å². The largest absolute Gasteiger partial charge is 0.316 e. The summed E-state index contributed by atoms with van der Waals surface area (Å²) < 4.78 is 16.2. The Bertz CT molecular complexity index is 940. The van der Waals surface area contributed by atoms with E-state index in [2.05, 4.69) is 11.9 Å². The highest BCUT2D eigenvalue weighted by atomic mass is 32.1. The number of aromatic nitrogens is 1. The Labute approximate surface area is 137 Å². The fourth-order valence-electron chi connectivity index (χ4n) is 2.53. The van der Waals surface area contributed by atoms with E-state index in [4.69, 9.17) is 0 Å². The van der Waals surface area contributed by atoms with Crippen LogP contribution >= 0.6 is 11.3 Å². The number of carbonyl (C=O) groups is 1. The van der Waals surface area contributed by atoms with Gasteiger partial charge in [-0.05, 0) is 43.2 Å². The lowest BCUT2D eigenvalue weighted by molar-refractivity contribution is 0.0997. The zero-order valence-electron chi connectivity index (χ0n) is 13.0. The Morgan fingerprint density at radius 1 is 1.26 bits per heavy atom. The summed E-state index contributed by atoms with van der Waals surface area (Å²) in [4.78, 5) is 17.4. The molecule has 23 heavy (non-hydrogen) atoms. The standard InChI is InChI=1S/C18H17FN2OS/c1-3-10-21-15-9-8-13(19)11-16(15)23-18(21)20-17(22)14-7-5-4-6-12(14)2/h4-9,11H,3,10H2,1-2H3. The number of nitrogens with zero attached hydrogens (tertiary/aromatic N) is 2. The molecule has 0 N–H and O–H groups in total. The van der Waals surface area contributed by atoms with Crippen molar-refractivity contribution in [2.45, 2.75) is 26.8 Å². The van der Waals surface area contributed by atoms with E-state index in [1.165, 1.54) is 23.5 Å². The molecule has 2 aromatic carbocycles. The highest BCUT2D eigenvalue weighted by Gasteiger charge is 2.10. The number of hydrogen-bond acceptors (Lipinski definition) is 2. The molecular weight excluding hydrogens is 311 g/mol. The molecule has 1 amide bonds. The van der Waals surface area contributed by atoms with Gasteiger partial charge in [-0.2, -0.15) is 4.99 Å². The van der Waals surface area contributed by atoms with Crippen LogP contribution in [0.1, 0.15) is 29.3 Å². The van der Waals surface area contributed by atoms with Crippen LogP contribution in [-0.2, 0) is 6.54 Å². The van der Waals surface area contributed by atoms with E-state index < -0.39 is 0 Å². The van der Waals surface area contributed by atoms with Crippen LogP contribution in [0.3, 0.4) is 0 Å². The van der Waals surface area contributed by atoms with Crippen LogP contribution in [0.25, 0.3) is 10.2 Å². The maximum absolute atomic E-state index is 13.4. The van der Waals surface area contributed by atoms with Crippen molar-refractivity contribution in [3.8, 4) is 0 Å². The lowest BCUT2D eigenvalue weighted by atomic mass is 10.1. The smallest absolute Gasteiger partial charge is 0.279 e. The fraction of sp³-hybridized carbons (Fsp3) is 0.222. The Balaban J connectivity index is 2.16. The SMILES string of the molecule is CCCn1c(=NC(=O)c2ccccc2C)sc2cc(F)ccc21. The Hall–Kier alpha value is -2.27. The second-order valence-corrected chi connectivity index (χ2v) is 6.39. The summed E-state index contributed by atoms with van der Waals surface area (Å²) in [6.45, 7) is 4.70. The first-order valence-electron chi connectivity index (χ1n) is 7.53. The molecule has 1 aromatic heterocycles. The molecule has 0 radical (unpaired) electrons. The van der Waals surface area contributed by atoms with E-state index in [1.54, 1.807) is 12.1 Å². The summed E-state index contributed by atoms with van der Waals surface area (Å²) in [7, 11) is 0. The molecule has 0 aliphatic heterocycles. The number of aryl methyl sites for hydroxylation is 2. The average Bonchev–Trinajstić information content (AvgIpc) is 2.84. The summed E-state index contributed by atoms with van der Waals surface area (Å²) in [5.74, 6) is -0.542. The minimum absolute atomic E-state index is 0.264. The summed E-state index contributed by atoms with van der Waals surface area (Å²) in [5.41, 5.74) is 2.41. The number of rotatable bonds is 3. The van der Waals surface area contributed by atoms with E-state index in [1.807, 2.05) is 29.7 Å². The maximum atomic E-state index is 13.4. The van der Waals surface area contributed by atoms with Crippen molar-refractivity contribution < 1.29 is 9.18 Å². The number of hydrogen-bond donors (Lipinski definition) is 0. The highest BCUT2D eigenvalue weighted by Crippen LogP contribution is 2.19. The van der Waals surface area contributed by atoms with Gasteiger partial charge in [-0.15, -0.1) is 0 Å². The van der Waals surface area contributed by atoms with Gasteiger partial charge in [-0.25, -0.2) is 4.39 Å². The molecular formula is C18H17FN2OS. The summed E-state index contributed by atoms with van der Waals surface area (Å²) >= 11 is 1.34. The minimum atomic E-state index is -0.279. The molecule has 5 heteroatoms. The third-order valence-electron chi connectivity index (χ3n) is 3.66. The first kappa shape index (κ1) is 15.6. The van der Waals surface area contributed by atoms with E-state index in [9.17, 15) is 9.18 Å². The van der Waals surface area contributed by atoms with Crippen molar-refractivity contribution in [3.05, 3.63) is 64.2 Å². The minimum Gasteiger partial charge on any atom is -0.316 e. The monoisotopic (exact) mass is 328 g/mol. The summed E-state index contributed by atoms with van der Waals surface area (Å²) in [5, 5.41) is 0. The topological polar surface area (TPSA) is 34.4 Å². The van der Waals surface area contributed by atoms with Gasteiger partial charge in [0.05, 0.1) is 10.2 Å². The fourth-order valence-corrected chi connectivity index (χ4v) is 3.61. The van der Waals surface area contributed by atoms with Gasteiger partial charge in [0.15, 0.2) is 4.80 Å². The number of benzene rings is 2. The molecule has 0 saturated carbocycles. The number of amides is 1. The van der Waals surface area contributed by atoms with Gasteiger partial charge in [-0.3, -0.25) is 4.79 Å². The van der Waals surface area contributed by atoms with Gasteiger partial charge in [0.25, 0.3) is 5.91 Å². The van der Waals surface area contributed by atoms with E-state index in [0.717, 1.165) is 28.7 Å². The van der Waals surface area contributed by atoms with Crippen molar-refractivity contribution in [1.29, 1.82) is 0 Å². The predicted octanol–water partition coefficient (Wildman–Crippen LogP) is 4.30. The van der Waals surface area contributed by atoms with Crippen LogP contribution in [0.2, 0.25) is 0 Å². The van der Waals surface area contributed by atoms with E-state index in [-0.39, 0.29) is 11.7 Å². The Kier molecular flexibility index (Phi) is 4.39. The molecule has 3 nitrogen and oxygen atoms in total. The van der Waals surface area contributed by atoms with Crippen molar-refractivity contribution in [2.75, 3.05) is 0 Å². The van der Waals surface area contributed by atoms with Gasteiger partial charge < -0.3 is 4.57 Å². The molecule has 0 atom stereocenters. The van der Waals surface area contributed by atoms with Crippen LogP contribution in [0.15, 0.2) is 47.5 Å². The summed E-state index contributed by atoms with van der Waals surface area (Å²) in [6.07, 6.45) is 0.912. The molecule has 0 spiro atoms. The second kappa shape index (κ2) is 6.46. The number of thiazole rings is 1. The quantitative estimate of drug-likeness (QED) is 0.706. The number of fused-ring (bicyclic) bond motifs is 1. The third kappa shape index (κ3) is 3.10. The lowest BCUT2D eigenvalue weighted by Crippen LogP contribution is -2.17. The van der Waals surface area contributed by atoms with Crippen molar-refractivity contribution in [1.82, 2.24) is 4.57 Å². The van der Waals surface area contributed by atoms with Crippen LogP contribution in [-0.4, -0.2) is 10.5 Å². The zero-order valence-corrected chi connectivity index (χ0v) is 13.9. The first-order valence-corrected chi connectivity index (χ1v) is 8.35. The predicted molar refractivity (Wildman–Crippen MR) is 91.1 cm³/mol.